The lowest BCUT2D eigenvalue weighted by atomic mass is 10.1. The van der Waals surface area contributed by atoms with Crippen LogP contribution >= 0.6 is 0 Å². The fourth-order valence-corrected chi connectivity index (χ4v) is 4.72. The smallest absolute Gasteiger partial charge is 0.255 e. The molecule has 28 heavy (non-hydrogen) atoms. The van der Waals surface area contributed by atoms with Crippen LogP contribution < -0.4 is 9.62 Å². The van der Waals surface area contributed by atoms with Crippen molar-refractivity contribution in [3.05, 3.63) is 59.9 Å². The van der Waals surface area contributed by atoms with Crippen LogP contribution in [0.4, 0.5) is 11.4 Å². The van der Waals surface area contributed by atoms with E-state index in [1.807, 2.05) is 13.0 Å². The summed E-state index contributed by atoms with van der Waals surface area (Å²) in [6.07, 6.45) is 3.23. The Bertz CT molecular complexity index is 1140. The predicted molar refractivity (Wildman–Crippen MR) is 104 cm³/mol. The van der Waals surface area contributed by atoms with Gasteiger partial charge in [-0.15, -0.1) is 5.10 Å². The third-order valence-electron chi connectivity index (χ3n) is 4.57. The van der Waals surface area contributed by atoms with Gasteiger partial charge in [0.25, 0.3) is 5.91 Å². The van der Waals surface area contributed by atoms with Crippen molar-refractivity contribution in [3.63, 3.8) is 0 Å². The number of amides is 1. The maximum Gasteiger partial charge on any atom is 0.255 e. The summed E-state index contributed by atoms with van der Waals surface area (Å²) in [6.45, 7) is 1.85. The Morgan fingerprint density at radius 3 is 2.75 bits per heavy atom. The second kappa shape index (κ2) is 6.71. The Morgan fingerprint density at radius 2 is 2.04 bits per heavy atom. The molecule has 0 saturated heterocycles. The van der Waals surface area contributed by atoms with Crippen LogP contribution in [0.3, 0.4) is 0 Å². The SMILES string of the molecule is C[C@H]1Cc2cc(C(=O)Nc3cccc(-n4cnnn4)c3)ccc2N1S(C)(=O)=O. The quantitative estimate of drug-likeness (QED) is 0.715. The van der Waals surface area contributed by atoms with Crippen LogP contribution in [0.15, 0.2) is 48.8 Å². The van der Waals surface area contributed by atoms with E-state index < -0.39 is 10.0 Å². The molecule has 1 aromatic heterocycles. The first kappa shape index (κ1) is 18.1. The fraction of sp³-hybridized carbons (Fsp3) is 0.222. The lowest BCUT2D eigenvalue weighted by molar-refractivity contribution is 0.102. The van der Waals surface area contributed by atoms with Crippen LogP contribution in [-0.4, -0.2) is 46.8 Å². The number of benzene rings is 2. The van der Waals surface area contributed by atoms with Gasteiger partial charge in [0.05, 0.1) is 17.6 Å². The van der Waals surface area contributed by atoms with Crippen LogP contribution in [0.5, 0.6) is 0 Å². The maximum atomic E-state index is 12.7. The van der Waals surface area contributed by atoms with Gasteiger partial charge in [-0.3, -0.25) is 9.10 Å². The predicted octanol–water partition coefficient (Wildman–Crippen LogP) is 1.63. The number of hydrogen-bond donors (Lipinski definition) is 1. The number of nitrogens with one attached hydrogen (secondary N) is 1. The second-order valence-electron chi connectivity index (χ2n) is 6.71. The molecule has 10 heteroatoms. The lowest BCUT2D eigenvalue weighted by Gasteiger charge is -2.21. The normalized spacial score (nSPS) is 16.1. The standard InChI is InChI=1S/C18H18N6O3S/c1-12-8-14-9-13(6-7-17(14)24(12)28(2,26)27)18(25)20-15-4-3-5-16(10-15)23-11-19-21-22-23/h3-7,9-12H,8H2,1-2H3,(H,20,25)/t12-/m0/s1. The molecule has 0 unspecified atom stereocenters. The highest BCUT2D eigenvalue weighted by Crippen LogP contribution is 2.34. The van der Waals surface area contributed by atoms with Crippen molar-refractivity contribution in [2.24, 2.45) is 0 Å². The van der Waals surface area contributed by atoms with E-state index >= 15 is 0 Å². The fourth-order valence-electron chi connectivity index (χ4n) is 3.46. The van der Waals surface area contributed by atoms with E-state index in [0.717, 1.165) is 11.3 Å². The van der Waals surface area contributed by atoms with Crippen molar-refractivity contribution >= 4 is 27.3 Å². The summed E-state index contributed by atoms with van der Waals surface area (Å²) in [7, 11) is -3.36. The molecule has 3 aromatic rings. The molecule has 0 bridgehead atoms. The summed E-state index contributed by atoms with van der Waals surface area (Å²) in [6, 6.07) is 12.0. The second-order valence-corrected chi connectivity index (χ2v) is 8.57. The number of nitrogens with zero attached hydrogens (tertiary/aromatic N) is 5. The molecule has 1 N–H and O–H groups in total. The van der Waals surface area contributed by atoms with Crippen LogP contribution in [-0.2, 0) is 16.4 Å². The third kappa shape index (κ3) is 3.33. The van der Waals surface area contributed by atoms with Crippen LogP contribution in [0.25, 0.3) is 5.69 Å². The first-order valence-corrected chi connectivity index (χ1v) is 10.4. The zero-order valence-electron chi connectivity index (χ0n) is 15.3. The number of carbonyl (C=O) groups excluding carboxylic acids is 1. The molecule has 2 heterocycles. The van der Waals surface area contributed by atoms with Crippen molar-refractivity contribution in [1.82, 2.24) is 20.2 Å². The van der Waals surface area contributed by atoms with E-state index in [4.69, 9.17) is 0 Å². The van der Waals surface area contributed by atoms with E-state index in [9.17, 15) is 13.2 Å². The molecule has 0 fully saturated rings. The van der Waals surface area contributed by atoms with Crippen molar-refractivity contribution in [2.45, 2.75) is 19.4 Å². The van der Waals surface area contributed by atoms with E-state index in [0.29, 0.717) is 23.4 Å². The van der Waals surface area contributed by atoms with Crippen molar-refractivity contribution in [3.8, 4) is 5.69 Å². The maximum absolute atomic E-state index is 12.7. The largest absolute Gasteiger partial charge is 0.322 e. The minimum Gasteiger partial charge on any atom is -0.322 e. The third-order valence-corrected chi connectivity index (χ3v) is 5.84. The highest BCUT2D eigenvalue weighted by atomic mass is 32.2. The molecule has 0 saturated carbocycles. The molecule has 4 rings (SSSR count). The molecule has 1 amide bonds. The zero-order valence-corrected chi connectivity index (χ0v) is 16.1. The Hall–Kier alpha value is -3.27. The summed E-state index contributed by atoms with van der Waals surface area (Å²) < 4.78 is 26.9. The van der Waals surface area contributed by atoms with Gasteiger partial charge in [0.2, 0.25) is 10.0 Å². The first-order valence-electron chi connectivity index (χ1n) is 8.60. The van der Waals surface area contributed by atoms with E-state index in [1.165, 1.54) is 21.6 Å². The summed E-state index contributed by atoms with van der Waals surface area (Å²) in [5, 5.41) is 13.9. The van der Waals surface area contributed by atoms with E-state index in [-0.39, 0.29) is 11.9 Å². The van der Waals surface area contributed by atoms with Crippen molar-refractivity contribution in [2.75, 3.05) is 15.9 Å². The van der Waals surface area contributed by atoms with Crippen LogP contribution in [0.2, 0.25) is 0 Å². The number of anilines is 2. The van der Waals surface area contributed by atoms with Gasteiger partial charge < -0.3 is 5.32 Å². The lowest BCUT2D eigenvalue weighted by Crippen LogP contribution is -2.34. The topological polar surface area (TPSA) is 110 Å². The van der Waals surface area contributed by atoms with Crippen LogP contribution in [0.1, 0.15) is 22.8 Å². The number of fused-ring (bicyclic) bond motifs is 1. The molecule has 0 aliphatic carbocycles. The molecule has 1 aliphatic rings. The number of aromatic nitrogens is 4. The summed E-state index contributed by atoms with van der Waals surface area (Å²) in [5.41, 5.74) is 3.26. The van der Waals surface area contributed by atoms with Crippen molar-refractivity contribution < 1.29 is 13.2 Å². The number of tetrazole rings is 1. The van der Waals surface area contributed by atoms with Gasteiger partial charge in [0, 0.05) is 17.3 Å². The highest BCUT2D eigenvalue weighted by molar-refractivity contribution is 7.92. The summed E-state index contributed by atoms with van der Waals surface area (Å²) >= 11 is 0. The average molecular weight is 398 g/mol. The molecular weight excluding hydrogens is 380 g/mol. The molecule has 1 aliphatic heterocycles. The number of rotatable bonds is 4. The Balaban J connectivity index is 1.57. The zero-order chi connectivity index (χ0) is 19.9. The molecule has 2 aromatic carbocycles. The molecule has 0 spiro atoms. The number of sulfonamides is 1. The Kier molecular flexibility index (Phi) is 4.34. The van der Waals surface area contributed by atoms with Crippen LogP contribution in [0, 0.1) is 0 Å². The van der Waals surface area contributed by atoms with E-state index in [2.05, 4.69) is 20.8 Å². The van der Waals surface area contributed by atoms with E-state index in [1.54, 1.807) is 36.4 Å². The number of hydrogen-bond acceptors (Lipinski definition) is 6. The average Bonchev–Trinajstić information content (AvgIpc) is 3.27. The number of carbonyl (C=O) groups is 1. The van der Waals surface area contributed by atoms with Gasteiger partial charge in [-0.1, -0.05) is 6.07 Å². The van der Waals surface area contributed by atoms with Gasteiger partial charge in [-0.2, -0.15) is 0 Å². The highest BCUT2D eigenvalue weighted by Gasteiger charge is 2.32. The Morgan fingerprint density at radius 1 is 1.21 bits per heavy atom. The van der Waals surface area contributed by atoms with Crippen molar-refractivity contribution in [1.29, 1.82) is 0 Å². The van der Waals surface area contributed by atoms with Gasteiger partial charge in [0.1, 0.15) is 6.33 Å². The minimum absolute atomic E-state index is 0.170. The minimum atomic E-state index is -3.36. The Labute approximate surface area is 162 Å². The molecule has 1 atom stereocenters. The molecule has 0 radical (unpaired) electrons. The molecule has 144 valence electrons. The van der Waals surface area contributed by atoms with Gasteiger partial charge in [0.15, 0.2) is 0 Å². The summed E-state index contributed by atoms with van der Waals surface area (Å²) in [4.78, 5) is 12.7. The van der Waals surface area contributed by atoms with Gasteiger partial charge >= 0.3 is 0 Å². The first-order chi connectivity index (χ1) is 13.3. The summed E-state index contributed by atoms with van der Waals surface area (Å²) in [5.74, 6) is -0.276. The van der Waals surface area contributed by atoms with Gasteiger partial charge in [-0.05, 0) is 65.7 Å². The monoisotopic (exact) mass is 398 g/mol. The van der Waals surface area contributed by atoms with Gasteiger partial charge in [-0.25, -0.2) is 13.1 Å². The molecular formula is C18H18N6O3S. The molecule has 9 nitrogen and oxygen atoms in total.